The summed E-state index contributed by atoms with van der Waals surface area (Å²) in [7, 11) is 1.49. The number of hydrogen-bond acceptors (Lipinski definition) is 4. The molecule has 0 spiro atoms. The lowest BCUT2D eigenvalue weighted by Gasteiger charge is -2.32. The first-order chi connectivity index (χ1) is 14.0. The molecule has 0 aliphatic carbocycles. The number of fused-ring (bicyclic) bond motifs is 1. The molecule has 0 unspecified atom stereocenters. The molecular weight excluding hydrogens is 391 g/mol. The number of carbonyl (C=O) groups excluding carboxylic acids is 3. The van der Waals surface area contributed by atoms with Gasteiger partial charge in [0.2, 0.25) is 5.91 Å². The molecule has 0 saturated heterocycles. The van der Waals surface area contributed by atoms with Crippen LogP contribution in [0.25, 0.3) is 11.3 Å². The molecule has 2 heterocycles. The van der Waals surface area contributed by atoms with Crippen LogP contribution in [0.5, 0.6) is 0 Å². The van der Waals surface area contributed by atoms with Gasteiger partial charge in [0.25, 0.3) is 5.91 Å². The zero-order valence-electron chi connectivity index (χ0n) is 17.4. The molecule has 1 aromatic heterocycles. The van der Waals surface area contributed by atoms with Gasteiger partial charge in [0.05, 0.1) is 24.3 Å². The Morgan fingerprint density at radius 1 is 1.23 bits per heavy atom. The molecule has 30 heavy (non-hydrogen) atoms. The molecule has 1 aromatic carbocycles. The average molecular weight is 416 g/mol. The number of primary amides is 1. The van der Waals surface area contributed by atoms with Crippen LogP contribution in [-0.4, -0.2) is 51.7 Å². The minimum atomic E-state index is -1.10. The van der Waals surface area contributed by atoms with Crippen molar-refractivity contribution in [2.24, 2.45) is 5.73 Å². The minimum Gasteiger partial charge on any atom is -0.365 e. The number of rotatable bonds is 4. The van der Waals surface area contributed by atoms with E-state index in [9.17, 15) is 18.8 Å². The molecule has 0 bridgehead atoms. The maximum Gasteiger partial charge on any atom is 0.318 e. The van der Waals surface area contributed by atoms with E-state index in [0.717, 1.165) is 0 Å². The first-order valence-electron chi connectivity index (χ1n) is 9.50. The van der Waals surface area contributed by atoms with Crippen molar-refractivity contribution >= 4 is 17.8 Å². The zero-order chi connectivity index (χ0) is 22.2. The fourth-order valence-electron chi connectivity index (χ4n) is 3.46. The number of hydrogen-bond donors (Lipinski definition) is 3. The van der Waals surface area contributed by atoms with Gasteiger partial charge in [-0.25, -0.2) is 9.18 Å². The van der Waals surface area contributed by atoms with Gasteiger partial charge in [-0.2, -0.15) is 5.10 Å². The van der Waals surface area contributed by atoms with Gasteiger partial charge in [0.1, 0.15) is 17.1 Å². The molecule has 0 atom stereocenters. The van der Waals surface area contributed by atoms with Gasteiger partial charge in [-0.15, -0.1) is 0 Å². The largest absolute Gasteiger partial charge is 0.365 e. The molecule has 0 radical (unpaired) electrons. The van der Waals surface area contributed by atoms with E-state index in [2.05, 4.69) is 15.7 Å². The summed E-state index contributed by atoms with van der Waals surface area (Å²) in [5.41, 5.74) is 6.57. The quantitative estimate of drug-likeness (QED) is 0.692. The van der Waals surface area contributed by atoms with Crippen molar-refractivity contribution in [3.05, 3.63) is 40.8 Å². The van der Waals surface area contributed by atoms with Crippen molar-refractivity contribution in [3.63, 3.8) is 0 Å². The Hall–Kier alpha value is -3.43. The van der Waals surface area contributed by atoms with E-state index >= 15 is 0 Å². The number of aryl methyl sites for hydroxylation is 1. The highest BCUT2D eigenvalue weighted by Crippen LogP contribution is 2.29. The highest BCUT2D eigenvalue weighted by Gasteiger charge is 2.34. The van der Waals surface area contributed by atoms with Crippen molar-refractivity contribution < 1.29 is 18.8 Å². The maximum atomic E-state index is 13.7. The second kappa shape index (κ2) is 7.77. The van der Waals surface area contributed by atoms with Crippen molar-refractivity contribution in [1.29, 1.82) is 0 Å². The lowest BCUT2D eigenvalue weighted by molar-refractivity contribution is -0.125. The summed E-state index contributed by atoms with van der Waals surface area (Å²) in [6.07, 6.45) is 0. The third kappa shape index (κ3) is 3.85. The van der Waals surface area contributed by atoms with Crippen molar-refractivity contribution in [3.8, 4) is 11.3 Å². The highest BCUT2D eigenvalue weighted by atomic mass is 19.1. The fraction of sp³-hybridized carbons (Fsp3) is 0.400. The van der Waals surface area contributed by atoms with Crippen molar-refractivity contribution in [2.45, 2.75) is 39.4 Å². The number of aromatic nitrogens is 2. The molecule has 1 aliphatic rings. The van der Waals surface area contributed by atoms with Crippen LogP contribution in [0.4, 0.5) is 9.18 Å². The van der Waals surface area contributed by atoms with E-state index in [0.29, 0.717) is 35.6 Å². The minimum absolute atomic E-state index is 0.0983. The average Bonchev–Trinajstić information content (AvgIpc) is 3.07. The van der Waals surface area contributed by atoms with Crippen molar-refractivity contribution in [1.82, 2.24) is 25.3 Å². The van der Waals surface area contributed by atoms with E-state index in [1.807, 2.05) is 0 Å². The summed E-state index contributed by atoms with van der Waals surface area (Å²) in [4.78, 5) is 38.4. The predicted molar refractivity (Wildman–Crippen MR) is 108 cm³/mol. The first kappa shape index (κ1) is 21.3. The van der Waals surface area contributed by atoms with E-state index in [1.165, 1.54) is 18.0 Å². The molecule has 0 saturated carbocycles. The van der Waals surface area contributed by atoms with Crippen LogP contribution in [0.3, 0.4) is 0 Å². The highest BCUT2D eigenvalue weighted by molar-refractivity contribution is 6.00. The fourth-order valence-corrected chi connectivity index (χ4v) is 3.46. The lowest BCUT2D eigenvalue weighted by Crippen LogP contribution is -2.58. The summed E-state index contributed by atoms with van der Waals surface area (Å²) in [6, 6.07) is 4.02. The zero-order valence-corrected chi connectivity index (χ0v) is 17.4. The summed E-state index contributed by atoms with van der Waals surface area (Å²) in [6.45, 7) is 5.61. The SMILES string of the molecule is CNC(=O)C(C)(C)NC(=O)N1CCn2nc(-c3ccc(F)c(C)c3)c(C(N)=O)c2C1. The Kier molecular flexibility index (Phi) is 5.51. The maximum absolute atomic E-state index is 13.7. The summed E-state index contributed by atoms with van der Waals surface area (Å²) >= 11 is 0. The third-order valence-corrected chi connectivity index (χ3v) is 5.16. The van der Waals surface area contributed by atoms with E-state index < -0.39 is 17.5 Å². The number of halogens is 1. The van der Waals surface area contributed by atoms with Gasteiger partial charge in [0.15, 0.2) is 0 Å². The predicted octanol–water partition coefficient (Wildman–Crippen LogP) is 1.15. The van der Waals surface area contributed by atoms with Crippen LogP contribution < -0.4 is 16.4 Å². The van der Waals surface area contributed by atoms with Gasteiger partial charge in [-0.05, 0) is 44.5 Å². The van der Waals surface area contributed by atoms with Gasteiger partial charge in [-0.3, -0.25) is 14.3 Å². The van der Waals surface area contributed by atoms with Gasteiger partial charge in [-0.1, -0.05) is 0 Å². The first-order valence-corrected chi connectivity index (χ1v) is 9.50. The molecule has 9 nitrogen and oxygen atoms in total. The summed E-state index contributed by atoms with van der Waals surface area (Å²) < 4.78 is 15.3. The molecule has 4 N–H and O–H groups in total. The molecule has 0 fully saturated rings. The van der Waals surface area contributed by atoms with Crippen LogP contribution in [0, 0.1) is 12.7 Å². The van der Waals surface area contributed by atoms with E-state index in [-0.39, 0.29) is 23.8 Å². The third-order valence-electron chi connectivity index (χ3n) is 5.16. The number of nitrogens with zero attached hydrogens (tertiary/aromatic N) is 3. The number of likely N-dealkylation sites (N-methyl/N-ethyl adjacent to an activating group) is 1. The molecule has 3 rings (SSSR count). The second-order valence-electron chi connectivity index (χ2n) is 7.78. The van der Waals surface area contributed by atoms with Gasteiger partial charge >= 0.3 is 6.03 Å². The Bertz CT molecular complexity index is 1030. The van der Waals surface area contributed by atoms with Crippen molar-refractivity contribution in [2.75, 3.05) is 13.6 Å². The van der Waals surface area contributed by atoms with Crippen LogP contribution in [0.15, 0.2) is 18.2 Å². The monoisotopic (exact) mass is 416 g/mol. The van der Waals surface area contributed by atoms with Gasteiger partial charge < -0.3 is 21.3 Å². The molecule has 4 amide bonds. The van der Waals surface area contributed by atoms with Crippen LogP contribution >= 0.6 is 0 Å². The Balaban J connectivity index is 1.92. The Morgan fingerprint density at radius 3 is 2.53 bits per heavy atom. The number of nitrogens with two attached hydrogens (primary N) is 1. The second-order valence-corrected chi connectivity index (χ2v) is 7.78. The normalized spacial score (nSPS) is 13.6. The molecule has 2 aromatic rings. The topological polar surface area (TPSA) is 122 Å². The number of carbonyl (C=O) groups is 3. The number of urea groups is 1. The number of benzene rings is 1. The Labute approximate surface area is 173 Å². The smallest absolute Gasteiger partial charge is 0.318 e. The summed E-state index contributed by atoms with van der Waals surface area (Å²) in [5.74, 6) is -1.37. The lowest BCUT2D eigenvalue weighted by atomic mass is 10.0. The van der Waals surface area contributed by atoms with Crippen LogP contribution in [0.2, 0.25) is 0 Å². The Morgan fingerprint density at radius 2 is 1.93 bits per heavy atom. The van der Waals surface area contributed by atoms with Gasteiger partial charge in [0, 0.05) is 19.2 Å². The number of nitrogens with one attached hydrogen (secondary N) is 2. The molecule has 10 heteroatoms. The van der Waals surface area contributed by atoms with Crippen LogP contribution in [0.1, 0.15) is 35.5 Å². The molecule has 160 valence electrons. The summed E-state index contributed by atoms with van der Waals surface area (Å²) in [5, 5.41) is 9.70. The van der Waals surface area contributed by atoms with Crippen LogP contribution in [-0.2, 0) is 17.9 Å². The number of amides is 4. The standard InChI is InChI=1S/C20H25FN6O3/c1-11-9-12(5-6-13(11)21)16-15(17(22)28)14-10-26(7-8-27(14)25-16)19(30)24-20(2,3)18(29)23-4/h5-6,9H,7-8,10H2,1-4H3,(H2,22,28)(H,23,29)(H,24,30). The van der Waals surface area contributed by atoms with E-state index in [1.54, 1.807) is 37.6 Å². The van der Waals surface area contributed by atoms with E-state index in [4.69, 9.17) is 5.73 Å². The molecular formula is C20H25FN6O3. The molecule has 1 aliphatic heterocycles.